The first-order valence-corrected chi connectivity index (χ1v) is 7.80. The molecular formula is C18H21NO4. The van der Waals surface area contributed by atoms with E-state index in [4.69, 9.17) is 13.9 Å². The number of nitrogens with one attached hydrogen (secondary N) is 1. The van der Waals surface area contributed by atoms with Gasteiger partial charge in [0.1, 0.15) is 16.9 Å². The van der Waals surface area contributed by atoms with E-state index in [0.29, 0.717) is 12.1 Å². The second-order valence-electron chi connectivity index (χ2n) is 5.89. The summed E-state index contributed by atoms with van der Waals surface area (Å²) in [5.41, 5.74) is 3.88. The number of rotatable bonds is 5. The predicted octanol–water partition coefficient (Wildman–Crippen LogP) is 2.94. The van der Waals surface area contributed by atoms with Gasteiger partial charge in [0.05, 0.1) is 0 Å². The van der Waals surface area contributed by atoms with E-state index < -0.39 is 0 Å². The molecule has 0 aliphatic heterocycles. The van der Waals surface area contributed by atoms with E-state index in [1.807, 2.05) is 26.8 Å². The molecule has 0 radical (unpaired) electrons. The van der Waals surface area contributed by atoms with E-state index in [1.165, 1.54) is 6.07 Å². The Balaban J connectivity index is 2.16. The average Bonchev–Trinajstić information content (AvgIpc) is 2.82. The smallest absolute Gasteiger partial charge is 0.336 e. The third kappa shape index (κ3) is 2.78. The first-order valence-electron chi connectivity index (χ1n) is 7.80. The van der Waals surface area contributed by atoms with Crippen molar-refractivity contribution < 1.29 is 13.9 Å². The lowest BCUT2D eigenvalue weighted by molar-refractivity contribution is 0.286. The Kier molecular flexibility index (Phi) is 4.24. The van der Waals surface area contributed by atoms with Crippen LogP contribution in [0.25, 0.3) is 21.9 Å². The SMILES string of the molecule is Cc1oc2c(C)c3oc(=O)cc(C)c3cc2c1CNCCCO. The summed E-state index contributed by atoms with van der Waals surface area (Å²) in [6.07, 6.45) is 0.723. The van der Waals surface area contributed by atoms with Crippen LogP contribution in [0.2, 0.25) is 0 Å². The number of aliphatic hydroxyl groups is 1. The van der Waals surface area contributed by atoms with Crippen molar-refractivity contribution in [3.63, 3.8) is 0 Å². The molecule has 2 aromatic heterocycles. The normalized spacial score (nSPS) is 11.7. The number of hydrogen-bond donors (Lipinski definition) is 2. The molecule has 2 N–H and O–H groups in total. The van der Waals surface area contributed by atoms with Crippen LogP contribution >= 0.6 is 0 Å². The predicted molar refractivity (Wildman–Crippen MR) is 89.9 cm³/mol. The number of hydrogen-bond acceptors (Lipinski definition) is 5. The van der Waals surface area contributed by atoms with Gasteiger partial charge in [-0.2, -0.15) is 0 Å². The maximum atomic E-state index is 11.6. The molecule has 0 atom stereocenters. The molecule has 3 rings (SSSR count). The molecule has 1 aromatic carbocycles. The minimum atomic E-state index is -0.341. The van der Waals surface area contributed by atoms with Crippen molar-refractivity contribution in [1.29, 1.82) is 0 Å². The van der Waals surface area contributed by atoms with Crippen LogP contribution in [0.1, 0.15) is 28.9 Å². The lowest BCUT2D eigenvalue weighted by atomic mass is 10.0. The summed E-state index contributed by atoms with van der Waals surface area (Å²) >= 11 is 0. The average molecular weight is 315 g/mol. The van der Waals surface area contributed by atoms with E-state index in [-0.39, 0.29) is 12.2 Å². The molecule has 2 heterocycles. The zero-order chi connectivity index (χ0) is 16.6. The molecule has 5 nitrogen and oxygen atoms in total. The van der Waals surface area contributed by atoms with E-state index in [2.05, 4.69) is 5.32 Å². The van der Waals surface area contributed by atoms with Gasteiger partial charge in [-0.05, 0) is 45.4 Å². The van der Waals surface area contributed by atoms with Crippen molar-refractivity contribution in [3.8, 4) is 0 Å². The summed E-state index contributed by atoms with van der Waals surface area (Å²) in [5.74, 6) is 0.856. The first kappa shape index (κ1) is 15.8. The largest absolute Gasteiger partial charge is 0.461 e. The van der Waals surface area contributed by atoms with Gasteiger partial charge in [-0.1, -0.05) is 0 Å². The lowest BCUT2D eigenvalue weighted by Crippen LogP contribution is -2.16. The monoisotopic (exact) mass is 315 g/mol. The van der Waals surface area contributed by atoms with Crippen LogP contribution in [0.4, 0.5) is 0 Å². The first-order chi connectivity index (χ1) is 11.0. The van der Waals surface area contributed by atoms with Crippen LogP contribution in [0, 0.1) is 20.8 Å². The number of benzene rings is 1. The Labute approximate surface area is 133 Å². The molecule has 122 valence electrons. The van der Waals surface area contributed by atoms with Gasteiger partial charge in [0.25, 0.3) is 0 Å². The summed E-state index contributed by atoms with van der Waals surface area (Å²) in [6, 6.07) is 3.55. The minimum absolute atomic E-state index is 0.181. The van der Waals surface area contributed by atoms with Crippen LogP contribution in [0.3, 0.4) is 0 Å². The van der Waals surface area contributed by atoms with Gasteiger partial charge in [-0.15, -0.1) is 0 Å². The fourth-order valence-corrected chi connectivity index (χ4v) is 2.99. The quantitative estimate of drug-likeness (QED) is 0.559. The Morgan fingerprint density at radius 3 is 2.57 bits per heavy atom. The van der Waals surface area contributed by atoms with Gasteiger partial charge in [-0.25, -0.2) is 4.79 Å². The molecule has 0 amide bonds. The lowest BCUT2D eigenvalue weighted by Gasteiger charge is -2.06. The molecule has 23 heavy (non-hydrogen) atoms. The van der Waals surface area contributed by atoms with Crippen molar-refractivity contribution in [2.75, 3.05) is 13.2 Å². The van der Waals surface area contributed by atoms with E-state index in [1.54, 1.807) is 0 Å². The molecule has 0 bridgehead atoms. The molecule has 5 heteroatoms. The highest BCUT2D eigenvalue weighted by Crippen LogP contribution is 2.34. The number of aryl methyl sites for hydroxylation is 3. The molecule has 0 unspecified atom stereocenters. The van der Waals surface area contributed by atoms with Crippen molar-refractivity contribution in [1.82, 2.24) is 5.32 Å². The fourth-order valence-electron chi connectivity index (χ4n) is 2.99. The standard InChI is InChI=1S/C18H21NO4/c1-10-7-16(21)23-17-11(2)18-14(8-13(10)17)15(12(3)22-18)9-19-5-4-6-20/h7-8,19-20H,4-6,9H2,1-3H3. The fraction of sp³-hybridized carbons (Fsp3) is 0.389. The minimum Gasteiger partial charge on any atom is -0.461 e. The Morgan fingerprint density at radius 2 is 1.83 bits per heavy atom. The van der Waals surface area contributed by atoms with Gasteiger partial charge in [0, 0.05) is 41.1 Å². The van der Waals surface area contributed by atoms with Crippen molar-refractivity contribution >= 4 is 21.9 Å². The Morgan fingerprint density at radius 1 is 1.09 bits per heavy atom. The van der Waals surface area contributed by atoms with Gasteiger partial charge in [-0.3, -0.25) is 0 Å². The van der Waals surface area contributed by atoms with Crippen LogP contribution in [0.15, 0.2) is 25.8 Å². The second kappa shape index (κ2) is 6.18. The van der Waals surface area contributed by atoms with Crippen LogP contribution < -0.4 is 10.9 Å². The van der Waals surface area contributed by atoms with Gasteiger partial charge in [0.15, 0.2) is 0 Å². The summed E-state index contributed by atoms with van der Waals surface area (Å²) in [5, 5.41) is 14.2. The molecule has 0 spiro atoms. The highest BCUT2D eigenvalue weighted by molar-refractivity contribution is 5.99. The summed E-state index contributed by atoms with van der Waals surface area (Å²) in [4.78, 5) is 11.6. The Hall–Kier alpha value is -2.11. The molecule has 0 saturated heterocycles. The third-order valence-electron chi connectivity index (χ3n) is 4.24. The maximum Gasteiger partial charge on any atom is 0.336 e. The summed E-state index contributed by atoms with van der Waals surface area (Å²) in [7, 11) is 0. The zero-order valence-electron chi connectivity index (χ0n) is 13.7. The van der Waals surface area contributed by atoms with Crippen LogP contribution in [-0.4, -0.2) is 18.3 Å². The van der Waals surface area contributed by atoms with Gasteiger partial charge >= 0.3 is 5.63 Å². The van der Waals surface area contributed by atoms with Crippen molar-refractivity contribution in [3.05, 3.63) is 45.0 Å². The van der Waals surface area contributed by atoms with Crippen LogP contribution in [0.5, 0.6) is 0 Å². The number of fused-ring (bicyclic) bond motifs is 2. The Bertz CT molecular complexity index is 920. The van der Waals surface area contributed by atoms with Gasteiger partial charge in [0.2, 0.25) is 0 Å². The second-order valence-corrected chi connectivity index (χ2v) is 5.89. The van der Waals surface area contributed by atoms with E-state index in [0.717, 1.165) is 51.8 Å². The van der Waals surface area contributed by atoms with Crippen molar-refractivity contribution in [2.45, 2.75) is 33.7 Å². The molecule has 0 aliphatic rings. The highest BCUT2D eigenvalue weighted by atomic mass is 16.4. The molecular weight excluding hydrogens is 294 g/mol. The summed E-state index contributed by atoms with van der Waals surface area (Å²) < 4.78 is 11.3. The maximum absolute atomic E-state index is 11.6. The number of furan rings is 1. The topological polar surface area (TPSA) is 75.6 Å². The molecule has 0 aliphatic carbocycles. The number of aliphatic hydroxyl groups excluding tert-OH is 1. The van der Waals surface area contributed by atoms with Crippen molar-refractivity contribution in [2.24, 2.45) is 0 Å². The van der Waals surface area contributed by atoms with Crippen LogP contribution in [-0.2, 0) is 6.54 Å². The van der Waals surface area contributed by atoms with E-state index in [9.17, 15) is 4.79 Å². The zero-order valence-corrected chi connectivity index (χ0v) is 13.7. The van der Waals surface area contributed by atoms with Gasteiger partial charge < -0.3 is 19.3 Å². The summed E-state index contributed by atoms with van der Waals surface area (Å²) in [6.45, 7) is 7.38. The molecule has 0 fully saturated rings. The van der Waals surface area contributed by atoms with E-state index >= 15 is 0 Å². The molecule has 0 saturated carbocycles. The molecule has 3 aromatic rings. The third-order valence-corrected chi connectivity index (χ3v) is 4.24. The highest BCUT2D eigenvalue weighted by Gasteiger charge is 2.17.